The maximum Gasteiger partial charge on any atom is 0.168 e. The minimum Gasteiger partial charge on any atom is -0.301 e. The van der Waals surface area contributed by atoms with Gasteiger partial charge in [0.2, 0.25) is 0 Å². The number of benzene rings is 1. The van der Waals surface area contributed by atoms with Crippen molar-refractivity contribution in [3.05, 3.63) is 54.0 Å². The molecule has 1 aromatic carbocycles. The maximum absolute atomic E-state index is 11.0. The van der Waals surface area contributed by atoms with Gasteiger partial charge in [0, 0.05) is 38.4 Å². The van der Waals surface area contributed by atoms with E-state index in [0.717, 1.165) is 56.8 Å². The van der Waals surface area contributed by atoms with Crippen molar-refractivity contribution in [1.82, 2.24) is 24.3 Å². The van der Waals surface area contributed by atoms with Crippen molar-refractivity contribution >= 4 is 17.5 Å². The largest absolute Gasteiger partial charge is 0.301 e. The fraction of sp³-hybridized carbons (Fsp3) is 0.350. The summed E-state index contributed by atoms with van der Waals surface area (Å²) in [5.41, 5.74) is 4.22. The first-order chi connectivity index (χ1) is 12.8. The standard InChI is InChI=1S/C20H23N5O/c1-2-23-8-10-24(11-9-23)13-16-4-3-5-18(12-16)25-15-21-19-7-6-17(14-26)22-20(19)25/h3-7,12,14-15H,2,8-11,13H2,1H3. The number of nitrogens with zero attached hydrogens (tertiary/aromatic N) is 5. The van der Waals surface area contributed by atoms with Crippen molar-refractivity contribution in [2.75, 3.05) is 32.7 Å². The van der Waals surface area contributed by atoms with Crippen molar-refractivity contribution < 1.29 is 4.79 Å². The van der Waals surface area contributed by atoms with E-state index in [-0.39, 0.29) is 0 Å². The van der Waals surface area contributed by atoms with E-state index in [4.69, 9.17) is 0 Å². The fourth-order valence-electron chi connectivity index (χ4n) is 3.49. The number of rotatable bonds is 5. The molecule has 4 rings (SSSR count). The van der Waals surface area contributed by atoms with Crippen LogP contribution in [-0.4, -0.2) is 63.3 Å². The summed E-state index contributed by atoms with van der Waals surface area (Å²) in [7, 11) is 0. The lowest BCUT2D eigenvalue weighted by Crippen LogP contribution is -2.45. The highest BCUT2D eigenvalue weighted by Gasteiger charge is 2.16. The normalized spacial score (nSPS) is 16.2. The quantitative estimate of drug-likeness (QED) is 0.662. The number of hydrogen-bond acceptors (Lipinski definition) is 5. The van der Waals surface area contributed by atoms with Gasteiger partial charge in [-0.25, -0.2) is 9.97 Å². The number of hydrogen-bond donors (Lipinski definition) is 0. The SMILES string of the molecule is CCN1CCN(Cc2cccc(-n3cnc4ccc(C=O)nc43)c2)CC1. The molecule has 1 saturated heterocycles. The van der Waals surface area contributed by atoms with E-state index < -0.39 is 0 Å². The third kappa shape index (κ3) is 3.38. The van der Waals surface area contributed by atoms with Gasteiger partial charge in [0.25, 0.3) is 0 Å². The smallest absolute Gasteiger partial charge is 0.168 e. The molecule has 0 spiro atoms. The molecule has 1 aliphatic heterocycles. The molecule has 6 nitrogen and oxygen atoms in total. The van der Waals surface area contributed by atoms with Crippen LogP contribution in [0.4, 0.5) is 0 Å². The van der Waals surface area contributed by atoms with E-state index >= 15 is 0 Å². The second kappa shape index (κ2) is 7.35. The van der Waals surface area contributed by atoms with Crippen LogP contribution >= 0.6 is 0 Å². The van der Waals surface area contributed by atoms with Crippen molar-refractivity contribution in [2.24, 2.45) is 0 Å². The van der Waals surface area contributed by atoms with Crippen LogP contribution in [-0.2, 0) is 6.54 Å². The van der Waals surface area contributed by atoms with Crippen LogP contribution in [0.1, 0.15) is 23.0 Å². The van der Waals surface area contributed by atoms with Gasteiger partial charge < -0.3 is 4.90 Å². The third-order valence-electron chi connectivity index (χ3n) is 5.04. The second-order valence-corrected chi connectivity index (χ2v) is 6.69. The van der Waals surface area contributed by atoms with Gasteiger partial charge in [-0.1, -0.05) is 19.1 Å². The van der Waals surface area contributed by atoms with E-state index in [1.54, 1.807) is 12.4 Å². The summed E-state index contributed by atoms with van der Waals surface area (Å²) < 4.78 is 1.95. The molecule has 3 aromatic rings. The average Bonchev–Trinajstić information content (AvgIpc) is 3.12. The van der Waals surface area contributed by atoms with Crippen LogP contribution in [0.3, 0.4) is 0 Å². The van der Waals surface area contributed by atoms with Gasteiger partial charge in [0.15, 0.2) is 11.9 Å². The lowest BCUT2D eigenvalue weighted by molar-refractivity contribution is 0.111. The zero-order chi connectivity index (χ0) is 17.9. The Labute approximate surface area is 153 Å². The van der Waals surface area contributed by atoms with Gasteiger partial charge in [-0.3, -0.25) is 14.3 Å². The number of fused-ring (bicyclic) bond motifs is 1. The van der Waals surface area contributed by atoms with Crippen molar-refractivity contribution in [1.29, 1.82) is 0 Å². The van der Waals surface area contributed by atoms with E-state index in [1.165, 1.54) is 5.56 Å². The number of carbonyl (C=O) groups is 1. The second-order valence-electron chi connectivity index (χ2n) is 6.69. The molecule has 0 amide bonds. The van der Waals surface area contributed by atoms with Crippen molar-refractivity contribution in [3.63, 3.8) is 0 Å². The number of aromatic nitrogens is 3. The van der Waals surface area contributed by atoms with Crippen LogP contribution in [0.2, 0.25) is 0 Å². The summed E-state index contributed by atoms with van der Waals surface area (Å²) in [5.74, 6) is 0. The number of piperazine rings is 1. The summed E-state index contributed by atoms with van der Waals surface area (Å²) in [6.07, 6.45) is 2.54. The Morgan fingerprint density at radius 1 is 1.08 bits per heavy atom. The van der Waals surface area contributed by atoms with Gasteiger partial charge in [0.05, 0.1) is 0 Å². The molecule has 0 aliphatic carbocycles. The lowest BCUT2D eigenvalue weighted by Gasteiger charge is -2.34. The first-order valence-electron chi connectivity index (χ1n) is 9.10. The van der Waals surface area contributed by atoms with Crippen LogP contribution in [0, 0.1) is 0 Å². The summed E-state index contributed by atoms with van der Waals surface area (Å²) in [4.78, 5) is 24.8. The van der Waals surface area contributed by atoms with Gasteiger partial charge in [-0.05, 0) is 36.4 Å². The van der Waals surface area contributed by atoms with E-state index in [1.807, 2.05) is 10.6 Å². The molecule has 134 valence electrons. The average molecular weight is 349 g/mol. The van der Waals surface area contributed by atoms with Gasteiger partial charge in [-0.2, -0.15) is 0 Å². The minimum absolute atomic E-state index is 0.421. The highest BCUT2D eigenvalue weighted by atomic mass is 16.1. The highest BCUT2D eigenvalue weighted by Crippen LogP contribution is 2.19. The zero-order valence-corrected chi connectivity index (χ0v) is 15.0. The summed E-state index contributed by atoms with van der Waals surface area (Å²) in [5, 5.41) is 0. The molecule has 1 fully saturated rings. The molecule has 0 bridgehead atoms. The molecular weight excluding hydrogens is 326 g/mol. The molecule has 0 N–H and O–H groups in total. The third-order valence-corrected chi connectivity index (χ3v) is 5.04. The van der Waals surface area contributed by atoms with Crippen LogP contribution < -0.4 is 0 Å². The van der Waals surface area contributed by atoms with E-state index in [0.29, 0.717) is 11.3 Å². The highest BCUT2D eigenvalue weighted by molar-refractivity contribution is 5.80. The Balaban J connectivity index is 1.57. The predicted octanol–water partition coefficient (Wildman–Crippen LogP) is 2.37. The van der Waals surface area contributed by atoms with Gasteiger partial charge in [0.1, 0.15) is 17.5 Å². The van der Waals surface area contributed by atoms with Crippen LogP contribution in [0.25, 0.3) is 16.9 Å². The molecule has 3 heterocycles. The van der Waals surface area contributed by atoms with Gasteiger partial charge >= 0.3 is 0 Å². The van der Waals surface area contributed by atoms with Crippen molar-refractivity contribution in [3.8, 4) is 5.69 Å². The Bertz CT molecular complexity index is 911. The first-order valence-corrected chi connectivity index (χ1v) is 9.10. The molecule has 6 heteroatoms. The minimum atomic E-state index is 0.421. The first kappa shape index (κ1) is 16.9. The molecule has 0 unspecified atom stereocenters. The molecule has 2 aromatic heterocycles. The van der Waals surface area contributed by atoms with E-state index in [2.05, 4.69) is 51.0 Å². The summed E-state index contributed by atoms with van der Waals surface area (Å²) in [6, 6.07) is 12.0. The lowest BCUT2D eigenvalue weighted by atomic mass is 10.1. The molecule has 0 saturated carbocycles. The van der Waals surface area contributed by atoms with Crippen molar-refractivity contribution in [2.45, 2.75) is 13.5 Å². The molecular formula is C20H23N5O. The van der Waals surface area contributed by atoms with Crippen LogP contribution in [0.5, 0.6) is 0 Å². The maximum atomic E-state index is 11.0. The molecule has 0 radical (unpaired) electrons. The number of imidazole rings is 1. The Morgan fingerprint density at radius 3 is 2.65 bits per heavy atom. The summed E-state index contributed by atoms with van der Waals surface area (Å²) in [6.45, 7) is 8.80. The molecule has 1 aliphatic rings. The van der Waals surface area contributed by atoms with Crippen LogP contribution in [0.15, 0.2) is 42.7 Å². The Hall–Kier alpha value is -2.57. The topological polar surface area (TPSA) is 54.3 Å². The van der Waals surface area contributed by atoms with Gasteiger partial charge in [-0.15, -0.1) is 0 Å². The number of pyridine rings is 1. The summed E-state index contributed by atoms with van der Waals surface area (Å²) >= 11 is 0. The number of carbonyl (C=O) groups excluding carboxylic acids is 1. The Kier molecular flexibility index (Phi) is 4.77. The van der Waals surface area contributed by atoms with E-state index in [9.17, 15) is 4.79 Å². The molecule has 0 atom stereocenters. The Morgan fingerprint density at radius 2 is 1.88 bits per heavy atom. The monoisotopic (exact) mass is 349 g/mol. The number of likely N-dealkylation sites (N-methyl/N-ethyl adjacent to an activating group) is 1. The zero-order valence-electron chi connectivity index (χ0n) is 15.0. The fourth-order valence-corrected chi connectivity index (χ4v) is 3.49. The molecule has 26 heavy (non-hydrogen) atoms. The number of aldehydes is 1. The predicted molar refractivity (Wildman–Crippen MR) is 102 cm³/mol.